The third-order valence-electron chi connectivity index (χ3n) is 4.03. The van der Waals surface area contributed by atoms with Crippen LogP contribution >= 0.6 is 0 Å². The summed E-state index contributed by atoms with van der Waals surface area (Å²) in [5.41, 5.74) is 0. The first-order chi connectivity index (χ1) is 10.2. The maximum absolute atomic E-state index is 12.7. The van der Waals surface area contributed by atoms with Gasteiger partial charge in [-0.1, -0.05) is 0 Å². The van der Waals surface area contributed by atoms with Crippen molar-refractivity contribution < 1.29 is 18.3 Å². The van der Waals surface area contributed by atoms with E-state index < -0.39 is 28.0 Å². The van der Waals surface area contributed by atoms with Crippen molar-refractivity contribution in [2.75, 3.05) is 25.5 Å². The van der Waals surface area contributed by atoms with Gasteiger partial charge in [0.15, 0.2) is 0 Å². The minimum atomic E-state index is -3.73. The van der Waals surface area contributed by atoms with Gasteiger partial charge >= 0.3 is 5.97 Å². The van der Waals surface area contributed by atoms with E-state index in [1.165, 1.54) is 16.6 Å². The Morgan fingerprint density at radius 3 is 2.59 bits per heavy atom. The number of carboxylic acid groups (broad SMARTS) is 1. The minimum Gasteiger partial charge on any atom is -0.481 e. The van der Waals surface area contributed by atoms with Gasteiger partial charge in [0, 0.05) is 32.9 Å². The number of nitrogens with zero attached hydrogens (tertiary/aromatic N) is 3. The fourth-order valence-electron chi connectivity index (χ4n) is 2.71. The van der Waals surface area contributed by atoms with Gasteiger partial charge in [-0.2, -0.15) is 4.31 Å². The van der Waals surface area contributed by atoms with Gasteiger partial charge in [-0.15, -0.1) is 0 Å². The Kier molecular flexibility index (Phi) is 4.72. The van der Waals surface area contributed by atoms with E-state index in [0.717, 1.165) is 0 Å². The Morgan fingerprint density at radius 2 is 2.09 bits per heavy atom. The van der Waals surface area contributed by atoms with E-state index >= 15 is 0 Å². The number of hydrogen-bond acceptors (Lipinski definition) is 5. The Morgan fingerprint density at radius 1 is 1.41 bits per heavy atom. The predicted octanol–water partition coefficient (Wildman–Crippen LogP) is 1.02. The average Bonchev–Trinajstić information content (AvgIpc) is 2.47. The van der Waals surface area contributed by atoms with Crippen LogP contribution in [-0.4, -0.2) is 55.5 Å². The zero-order valence-electron chi connectivity index (χ0n) is 12.9. The number of rotatable bonds is 4. The number of carboxylic acids is 1. The van der Waals surface area contributed by atoms with Crippen molar-refractivity contribution in [1.82, 2.24) is 9.29 Å². The van der Waals surface area contributed by atoms with Crippen LogP contribution in [0.15, 0.2) is 23.2 Å². The Hall–Kier alpha value is -1.67. The topological polar surface area (TPSA) is 90.8 Å². The zero-order valence-corrected chi connectivity index (χ0v) is 13.7. The molecule has 0 amide bonds. The van der Waals surface area contributed by atoms with Crippen molar-refractivity contribution in [2.45, 2.75) is 30.7 Å². The summed E-state index contributed by atoms with van der Waals surface area (Å²) in [5, 5.41) is 9.22. The summed E-state index contributed by atoms with van der Waals surface area (Å²) in [6, 6.07) is 2.58. The molecule has 1 aliphatic heterocycles. The molecule has 1 aromatic heterocycles. The highest BCUT2D eigenvalue weighted by Crippen LogP contribution is 2.29. The molecule has 0 unspecified atom stereocenters. The van der Waals surface area contributed by atoms with Crippen LogP contribution in [0.2, 0.25) is 0 Å². The molecule has 0 spiro atoms. The number of pyridine rings is 1. The molecule has 1 aromatic rings. The number of aliphatic carboxylic acids is 1. The molecule has 2 rings (SSSR count). The highest BCUT2D eigenvalue weighted by Gasteiger charge is 2.39. The van der Waals surface area contributed by atoms with Crippen LogP contribution in [0.3, 0.4) is 0 Å². The van der Waals surface area contributed by atoms with Crippen LogP contribution in [0.25, 0.3) is 0 Å². The Bertz CT molecular complexity index is 643. The largest absolute Gasteiger partial charge is 0.481 e. The lowest BCUT2D eigenvalue weighted by Gasteiger charge is -2.36. The summed E-state index contributed by atoms with van der Waals surface area (Å²) in [5.74, 6) is -0.958. The molecule has 22 heavy (non-hydrogen) atoms. The smallest absolute Gasteiger partial charge is 0.308 e. The van der Waals surface area contributed by atoms with Gasteiger partial charge in [0.1, 0.15) is 10.7 Å². The second-order valence-corrected chi connectivity index (χ2v) is 7.58. The Labute approximate surface area is 130 Å². The summed E-state index contributed by atoms with van der Waals surface area (Å²) >= 11 is 0. The van der Waals surface area contributed by atoms with Gasteiger partial charge in [-0.3, -0.25) is 4.79 Å². The van der Waals surface area contributed by atoms with Crippen molar-refractivity contribution in [1.29, 1.82) is 0 Å². The highest BCUT2D eigenvalue weighted by atomic mass is 32.2. The van der Waals surface area contributed by atoms with E-state index in [9.17, 15) is 18.3 Å². The molecule has 7 nitrogen and oxygen atoms in total. The van der Waals surface area contributed by atoms with Crippen LogP contribution in [-0.2, 0) is 14.8 Å². The summed E-state index contributed by atoms with van der Waals surface area (Å²) in [4.78, 5) is 17.2. The van der Waals surface area contributed by atoms with Crippen molar-refractivity contribution in [3.05, 3.63) is 18.3 Å². The first kappa shape index (κ1) is 16.7. The van der Waals surface area contributed by atoms with Gasteiger partial charge in [0.05, 0.1) is 5.92 Å². The summed E-state index contributed by atoms with van der Waals surface area (Å²) in [6.07, 6.45) is 2.37. The first-order valence-electron chi connectivity index (χ1n) is 7.13. The first-order valence-corrected chi connectivity index (χ1v) is 8.57. The van der Waals surface area contributed by atoms with Crippen LogP contribution in [0.4, 0.5) is 5.82 Å². The zero-order chi connectivity index (χ0) is 16.5. The van der Waals surface area contributed by atoms with Gasteiger partial charge < -0.3 is 10.0 Å². The molecule has 8 heteroatoms. The molecule has 2 heterocycles. The summed E-state index contributed by atoms with van der Waals surface area (Å²) < 4.78 is 26.7. The molecular formula is C14H21N3O4S. The maximum atomic E-state index is 12.7. The summed E-state index contributed by atoms with van der Waals surface area (Å²) in [6.45, 7) is 1.99. The molecule has 2 atom stereocenters. The fraction of sp³-hybridized carbons (Fsp3) is 0.571. The van der Waals surface area contributed by atoms with E-state index in [2.05, 4.69) is 4.98 Å². The van der Waals surface area contributed by atoms with Crippen molar-refractivity contribution in [2.24, 2.45) is 5.92 Å². The van der Waals surface area contributed by atoms with Crippen molar-refractivity contribution >= 4 is 21.8 Å². The molecule has 122 valence electrons. The van der Waals surface area contributed by atoms with Gasteiger partial charge in [-0.25, -0.2) is 13.4 Å². The molecule has 0 radical (unpaired) electrons. The third-order valence-corrected chi connectivity index (χ3v) is 6.00. The molecule has 0 aromatic carbocycles. The quantitative estimate of drug-likeness (QED) is 0.888. The number of hydrogen-bond donors (Lipinski definition) is 1. The molecule has 1 N–H and O–H groups in total. The minimum absolute atomic E-state index is 0.0935. The number of piperidine rings is 1. The lowest BCUT2D eigenvalue weighted by molar-refractivity contribution is -0.144. The highest BCUT2D eigenvalue weighted by molar-refractivity contribution is 7.89. The number of aromatic nitrogens is 1. The molecule has 1 saturated heterocycles. The fourth-order valence-corrected chi connectivity index (χ4v) is 4.36. The van der Waals surface area contributed by atoms with Crippen LogP contribution < -0.4 is 4.90 Å². The predicted molar refractivity (Wildman–Crippen MR) is 82.3 cm³/mol. The monoisotopic (exact) mass is 327 g/mol. The van der Waals surface area contributed by atoms with Crippen LogP contribution in [0.5, 0.6) is 0 Å². The van der Waals surface area contributed by atoms with E-state index in [1.54, 1.807) is 17.9 Å². The van der Waals surface area contributed by atoms with E-state index in [4.69, 9.17) is 0 Å². The maximum Gasteiger partial charge on any atom is 0.308 e. The second kappa shape index (κ2) is 6.21. The van der Waals surface area contributed by atoms with Crippen LogP contribution in [0, 0.1) is 5.92 Å². The second-order valence-electron chi connectivity index (χ2n) is 5.69. The van der Waals surface area contributed by atoms with E-state index in [1.807, 2.05) is 14.1 Å². The Balaban J connectivity index is 2.31. The van der Waals surface area contributed by atoms with E-state index in [-0.39, 0.29) is 4.90 Å². The molecular weight excluding hydrogens is 306 g/mol. The molecule has 1 aliphatic rings. The third kappa shape index (κ3) is 3.07. The lowest BCUT2D eigenvalue weighted by Crippen LogP contribution is -2.49. The van der Waals surface area contributed by atoms with Crippen molar-refractivity contribution in [3.63, 3.8) is 0 Å². The van der Waals surface area contributed by atoms with E-state index in [0.29, 0.717) is 25.2 Å². The van der Waals surface area contributed by atoms with Gasteiger partial charge in [-0.05, 0) is 31.9 Å². The number of anilines is 1. The average molecular weight is 327 g/mol. The molecule has 0 bridgehead atoms. The SMILES string of the molecule is C[C@@H]1[C@H](C(=O)O)CCCN1S(=O)(=O)c1ccc(N(C)C)nc1. The normalized spacial score (nSPS) is 23.2. The number of sulfonamides is 1. The van der Waals surface area contributed by atoms with Crippen molar-refractivity contribution in [3.8, 4) is 0 Å². The standard InChI is InChI=1S/C14H21N3O4S/c1-10-12(14(18)19)5-4-8-17(10)22(20,21)11-6-7-13(15-9-11)16(2)3/h6-7,9-10,12H,4-5,8H2,1-3H3,(H,18,19)/t10-,12-/m1/s1. The van der Waals surface area contributed by atoms with Gasteiger partial charge in [0.25, 0.3) is 0 Å². The number of carbonyl (C=O) groups is 1. The summed E-state index contributed by atoms with van der Waals surface area (Å²) in [7, 11) is -0.0909. The molecule has 0 saturated carbocycles. The van der Waals surface area contributed by atoms with Gasteiger partial charge in [0.2, 0.25) is 10.0 Å². The lowest BCUT2D eigenvalue weighted by atomic mass is 9.92. The van der Waals surface area contributed by atoms with Crippen LogP contribution in [0.1, 0.15) is 19.8 Å². The molecule has 0 aliphatic carbocycles. The molecule has 1 fully saturated rings.